The summed E-state index contributed by atoms with van der Waals surface area (Å²) in [6.45, 7) is 0. The molecule has 0 fully saturated rings. The fourth-order valence-electron chi connectivity index (χ4n) is 1.25. The van der Waals surface area contributed by atoms with Gasteiger partial charge in [0.15, 0.2) is 0 Å². The van der Waals surface area contributed by atoms with Crippen LogP contribution in [0.4, 0.5) is 5.69 Å². The van der Waals surface area contributed by atoms with E-state index in [4.69, 9.17) is 11.6 Å². The molecule has 0 spiro atoms. The van der Waals surface area contributed by atoms with E-state index in [0.717, 1.165) is 6.20 Å². The van der Waals surface area contributed by atoms with Gasteiger partial charge in [0.1, 0.15) is 11.4 Å². The molecule has 1 amide bonds. The Hall–Kier alpha value is -2.34. The summed E-state index contributed by atoms with van der Waals surface area (Å²) in [7, 11) is 0. The Morgan fingerprint density at radius 3 is 2.83 bits per heavy atom. The summed E-state index contributed by atoms with van der Waals surface area (Å²) in [5.41, 5.74) is 0.0367. The highest BCUT2D eigenvalue weighted by atomic mass is 35.5. The van der Waals surface area contributed by atoms with Crippen LogP contribution < -0.4 is 10.9 Å². The fraction of sp³-hybridized carbons (Fsp3) is 0. The second kappa shape index (κ2) is 4.89. The van der Waals surface area contributed by atoms with Gasteiger partial charge in [-0.15, -0.1) is 0 Å². The minimum Gasteiger partial charge on any atom is -0.506 e. The van der Waals surface area contributed by atoms with E-state index >= 15 is 0 Å². The average Bonchev–Trinajstić information content (AvgIpc) is 2.34. The largest absolute Gasteiger partial charge is 0.506 e. The van der Waals surface area contributed by atoms with Gasteiger partial charge in [-0.1, -0.05) is 11.6 Å². The number of carbonyl (C=O) groups is 1. The molecule has 1 heterocycles. The number of aromatic amines is 1. The van der Waals surface area contributed by atoms with Crippen LogP contribution in [0.5, 0.6) is 5.75 Å². The molecule has 0 atom stereocenters. The molecule has 0 aliphatic carbocycles. The van der Waals surface area contributed by atoms with Crippen LogP contribution in [-0.4, -0.2) is 21.0 Å². The monoisotopic (exact) mass is 265 g/mol. The predicted octanol–water partition coefficient (Wildman–Crippen LogP) is 1.38. The average molecular weight is 266 g/mol. The second-order valence-corrected chi connectivity index (χ2v) is 3.82. The first-order chi connectivity index (χ1) is 8.56. The van der Waals surface area contributed by atoms with Crippen LogP contribution in [0.1, 0.15) is 10.5 Å². The van der Waals surface area contributed by atoms with Crippen molar-refractivity contribution in [1.29, 1.82) is 0 Å². The molecule has 6 nitrogen and oxygen atoms in total. The van der Waals surface area contributed by atoms with Gasteiger partial charge in [0, 0.05) is 18.0 Å². The molecule has 7 heteroatoms. The van der Waals surface area contributed by atoms with Crippen molar-refractivity contribution in [3.63, 3.8) is 0 Å². The molecule has 0 aliphatic rings. The lowest BCUT2D eigenvalue weighted by molar-refractivity contribution is 0.102. The number of benzene rings is 1. The van der Waals surface area contributed by atoms with Gasteiger partial charge in [-0.3, -0.25) is 9.59 Å². The number of phenolic OH excluding ortho intramolecular Hbond substituents is 1. The number of anilines is 1. The van der Waals surface area contributed by atoms with E-state index in [9.17, 15) is 14.7 Å². The standard InChI is InChI=1S/C11H8ClN3O3/c12-7-2-1-6(3-9(7)16)15-11(18)8-4-14-10(17)5-13-8/h1-5,16H,(H,14,17)(H,15,18). The maximum absolute atomic E-state index is 11.7. The number of hydrogen-bond acceptors (Lipinski definition) is 4. The molecule has 2 aromatic rings. The number of nitrogens with one attached hydrogen (secondary N) is 2. The number of aromatic hydroxyl groups is 1. The van der Waals surface area contributed by atoms with Gasteiger partial charge in [0.25, 0.3) is 11.5 Å². The first kappa shape index (κ1) is 12.1. The highest BCUT2D eigenvalue weighted by molar-refractivity contribution is 6.32. The Morgan fingerprint density at radius 1 is 1.44 bits per heavy atom. The number of phenols is 1. The maximum atomic E-state index is 11.7. The normalized spacial score (nSPS) is 10.1. The molecule has 3 N–H and O–H groups in total. The number of halogens is 1. The van der Waals surface area contributed by atoms with E-state index in [0.29, 0.717) is 5.69 Å². The molecular weight excluding hydrogens is 258 g/mol. The van der Waals surface area contributed by atoms with Gasteiger partial charge < -0.3 is 15.4 Å². The topological polar surface area (TPSA) is 95.1 Å². The van der Waals surface area contributed by atoms with Crippen molar-refractivity contribution >= 4 is 23.2 Å². The SMILES string of the molecule is O=C(Nc1ccc(Cl)c(O)c1)c1c[nH]c(=O)cn1. The Kier molecular flexibility index (Phi) is 3.29. The lowest BCUT2D eigenvalue weighted by atomic mass is 10.3. The number of H-pyrrole nitrogens is 1. The molecule has 0 unspecified atom stereocenters. The molecule has 0 saturated heterocycles. The maximum Gasteiger partial charge on any atom is 0.275 e. The van der Waals surface area contributed by atoms with Crippen LogP contribution in [-0.2, 0) is 0 Å². The summed E-state index contributed by atoms with van der Waals surface area (Å²) in [4.78, 5) is 28.5. The van der Waals surface area contributed by atoms with Gasteiger partial charge in [0.2, 0.25) is 0 Å². The van der Waals surface area contributed by atoms with Crippen molar-refractivity contribution in [3.05, 3.63) is 51.7 Å². The quantitative estimate of drug-likeness (QED) is 0.764. The van der Waals surface area contributed by atoms with E-state index in [2.05, 4.69) is 15.3 Å². The van der Waals surface area contributed by atoms with Gasteiger partial charge in [0.05, 0.1) is 11.2 Å². The summed E-state index contributed by atoms with van der Waals surface area (Å²) < 4.78 is 0. The van der Waals surface area contributed by atoms with Crippen LogP contribution in [0.2, 0.25) is 5.02 Å². The lowest BCUT2D eigenvalue weighted by Crippen LogP contribution is -2.16. The minimum absolute atomic E-state index is 0.0593. The van der Waals surface area contributed by atoms with E-state index in [1.54, 1.807) is 0 Å². The third kappa shape index (κ3) is 2.67. The zero-order chi connectivity index (χ0) is 13.1. The van der Waals surface area contributed by atoms with Crippen LogP contribution in [0.3, 0.4) is 0 Å². The number of nitrogens with zero attached hydrogens (tertiary/aromatic N) is 1. The van der Waals surface area contributed by atoms with E-state index in [1.807, 2.05) is 0 Å². The van der Waals surface area contributed by atoms with E-state index < -0.39 is 11.5 Å². The van der Waals surface area contributed by atoms with E-state index in [-0.39, 0.29) is 16.5 Å². The molecule has 1 aromatic heterocycles. The molecule has 0 aliphatic heterocycles. The van der Waals surface area contributed by atoms with Gasteiger partial charge in [-0.25, -0.2) is 4.98 Å². The molecule has 0 saturated carbocycles. The van der Waals surface area contributed by atoms with Crippen molar-refractivity contribution in [2.75, 3.05) is 5.32 Å². The summed E-state index contributed by atoms with van der Waals surface area (Å²) in [6.07, 6.45) is 2.21. The van der Waals surface area contributed by atoms with Crippen molar-refractivity contribution in [3.8, 4) is 5.75 Å². The van der Waals surface area contributed by atoms with Crippen LogP contribution >= 0.6 is 11.6 Å². The molecule has 2 rings (SSSR count). The van der Waals surface area contributed by atoms with Gasteiger partial charge >= 0.3 is 0 Å². The smallest absolute Gasteiger partial charge is 0.275 e. The Morgan fingerprint density at radius 2 is 2.22 bits per heavy atom. The fourth-order valence-corrected chi connectivity index (χ4v) is 1.37. The molecule has 1 aromatic carbocycles. The number of rotatable bonds is 2. The molecule has 0 bridgehead atoms. The molecule has 92 valence electrons. The molecule has 18 heavy (non-hydrogen) atoms. The second-order valence-electron chi connectivity index (χ2n) is 3.42. The highest BCUT2D eigenvalue weighted by Gasteiger charge is 2.08. The zero-order valence-electron chi connectivity index (χ0n) is 8.98. The third-order valence-corrected chi connectivity index (χ3v) is 2.43. The van der Waals surface area contributed by atoms with Crippen molar-refractivity contribution < 1.29 is 9.90 Å². The summed E-state index contributed by atoms with van der Waals surface area (Å²) in [5, 5.41) is 12.1. The van der Waals surface area contributed by atoms with Crippen LogP contribution in [0.15, 0.2) is 35.4 Å². The Labute approximate surface area is 106 Å². The number of hydrogen-bond donors (Lipinski definition) is 3. The van der Waals surface area contributed by atoms with Crippen molar-refractivity contribution in [2.24, 2.45) is 0 Å². The summed E-state index contributed by atoms with van der Waals surface area (Å²) >= 11 is 5.64. The van der Waals surface area contributed by atoms with Crippen molar-refractivity contribution in [1.82, 2.24) is 9.97 Å². The van der Waals surface area contributed by atoms with Crippen LogP contribution in [0, 0.1) is 0 Å². The number of carbonyl (C=O) groups excluding carboxylic acids is 1. The highest BCUT2D eigenvalue weighted by Crippen LogP contribution is 2.26. The Bertz CT molecular complexity index is 634. The first-order valence-electron chi connectivity index (χ1n) is 4.91. The number of amides is 1. The van der Waals surface area contributed by atoms with E-state index in [1.165, 1.54) is 24.4 Å². The minimum atomic E-state index is -0.507. The summed E-state index contributed by atoms with van der Waals surface area (Å²) in [5.74, 6) is -0.642. The zero-order valence-corrected chi connectivity index (χ0v) is 9.73. The first-order valence-corrected chi connectivity index (χ1v) is 5.28. The van der Waals surface area contributed by atoms with Gasteiger partial charge in [-0.2, -0.15) is 0 Å². The molecular formula is C11H8ClN3O3. The lowest BCUT2D eigenvalue weighted by Gasteiger charge is -2.05. The summed E-state index contributed by atoms with van der Waals surface area (Å²) in [6, 6.07) is 4.30. The Balaban J connectivity index is 2.18. The number of aromatic nitrogens is 2. The predicted molar refractivity (Wildman–Crippen MR) is 65.9 cm³/mol. The van der Waals surface area contributed by atoms with Crippen molar-refractivity contribution in [2.45, 2.75) is 0 Å². The van der Waals surface area contributed by atoms with Crippen LogP contribution in [0.25, 0.3) is 0 Å². The van der Waals surface area contributed by atoms with Gasteiger partial charge in [-0.05, 0) is 12.1 Å². The third-order valence-electron chi connectivity index (χ3n) is 2.11. The molecule has 0 radical (unpaired) electrons.